The number of nitrogens with one attached hydrogen (secondary N) is 1. The molecule has 3 nitrogen and oxygen atoms in total. The smallest absolute Gasteiger partial charge is 0.255 e. The number of benzene rings is 2. The molecule has 0 saturated carbocycles. The number of carbonyl (C=O) groups is 1. The molecule has 7 heteroatoms. The number of anilines is 1. The van der Waals surface area contributed by atoms with Crippen molar-refractivity contribution in [2.75, 3.05) is 5.32 Å². The first kappa shape index (κ1) is 15.9. The van der Waals surface area contributed by atoms with E-state index in [0.29, 0.717) is 20.7 Å². The molecule has 0 saturated heterocycles. The first-order chi connectivity index (χ1) is 9.86. The third-order valence-electron chi connectivity index (χ3n) is 2.62. The number of carbonyl (C=O) groups excluding carboxylic acids is 1. The normalized spacial score (nSPS) is 10.2. The van der Waals surface area contributed by atoms with Crippen molar-refractivity contribution in [1.29, 1.82) is 0 Å². The van der Waals surface area contributed by atoms with Gasteiger partial charge in [-0.25, -0.2) is 4.39 Å². The second-order valence-corrected chi connectivity index (χ2v) is 5.96. The minimum atomic E-state index is -0.518. The molecule has 0 fully saturated rings. The molecule has 0 unspecified atom stereocenters. The summed E-state index contributed by atoms with van der Waals surface area (Å²) in [6.45, 7) is 0. The summed E-state index contributed by atoms with van der Waals surface area (Å²) in [5.74, 6) is -1.01. The minimum Gasteiger partial charge on any atom is -0.389 e. The predicted molar refractivity (Wildman–Crippen MR) is 89.4 cm³/mol. The van der Waals surface area contributed by atoms with E-state index in [1.54, 1.807) is 12.1 Å². The van der Waals surface area contributed by atoms with Crippen LogP contribution in [-0.4, -0.2) is 10.9 Å². The van der Waals surface area contributed by atoms with Crippen molar-refractivity contribution in [3.8, 4) is 0 Å². The summed E-state index contributed by atoms with van der Waals surface area (Å²) in [4.78, 5) is 12.3. The van der Waals surface area contributed by atoms with Crippen molar-refractivity contribution >= 4 is 56.3 Å². The molecule has 0 spiro atoms. The Morgan fingerprint density at radius 2 is 2.00 bits per heavy atom. The molecule has 0 aromatic heterocycles. The number of nitrogens with two attached hydrogens (primary N) is 1. The van der Waals surface area contributed by atoms with Gasteiger partial charge in [-0.3, -0.25) is 4.79 Å². The number of halogens is 3. The van der Waals surface area contributed by atoms with Gasteiger partial charge in [-0.2, -0.15) is 0 Å². The fourth-order valence-corrected chi connectivity index (χ4v) is 2.53. The van der Waals surface area contributed by atoms with Crippen molar-refractivity contribution < 1.29 is 9.18 Å². The molecule has 0 radical (unpaired) electrons. The molecular weight excluding hydrogens is 379 g/mol. The van der Waals surface area contributed by atoms with Crippen LogP contribution in [0.3, 0.4) is 0 Å². The largest absolute Gasteiger partial charge is 0.389 e. The van der Waals surface area contributed by atoms with Crippen molar-refractivity contribution in [1.82, 2.24) is 0 Å². The average Bonchev–Trinajstić information content (AvgIpc) is 2.37. The van der Waals surface area contributed by atoms with E-state index in [-0.39, 0.29) is 10.6 Å². The topological polar surface area (TPSA) is 55.1 Å². The molecule has 0 aliphatic carbocycles. The first-order valence-corrected chi connectivity index (χ1v) is 7.31. The molecule has 2 aromatic rings. The average molecular weight is 388 g/mol. The Morgan fingerprint density at radius 3 is 2.62 bits per heavy atom. The van der Waals surface area contributed by atoms with E-state index in [0.717, 1.165) is 6.07 Å². The van der Waals surface area contributed by atoms with Crippen molar-refractivity contribution in [3.63, 3.8) is 0 Å². The molecule has 0 heterocycles. The minimum absolute atomic E-state index is 0.127. The zero-order valence-electron chi connectivity index (χ0n) is 10.5. The zero-order valence-corrected chi connectivity index (χ0v) is 13.7. The molecule has 1 amide bonds. The van der Waals surface area contributed by atoms with Gasteiger partial charge in [0, 0.05) is 20.6 Å². The van der Waals surface area contributed by atoms with Gasteiger partial charge in [-0.1, -0.05) is 39.7 Å². The van der Waals surface area contributed by atoms with Crippen LogP contribution in [0.15, 0.2) is 40.9 Å². The highest BCUT2D eigenvalue weighted by molar-refractivity contribution is 9.10. The van der Waals surface area contributed by atoms with Crippen LogP contribution in [0.2, 0.25) is 5.02 Å². The lowest BCUT2D eigenvalue weighted by molar-refractivity contribution is 0.102. The van der Waals surface area contributed by atoms with Crippen molar-refractivity contribution in [3.05, 3.63) is 62.8 Å². The Balaban J connectivity index is 2.35. The summed E-state index contributed by atoms with van der Waals surface area (Å²) in [5, 5.41) is 3.05. The van der Waals surface area contributed by atoms with Gasteiger partial charge in [0.25, 0.3) is 5.91 Å². The van der Waals surface area contributed by atoms with Crippen LogP contribution in [-0.2, 0) is 0 Å². The number of thiocarbonyl (C=S) groups is 1. The van der Waals surface area contributed by atoms with Gasteiger partial charge < -0.3 is 11.1 Å². The van der Waals surface area contributed by atoms with Gasteiger partial charge in [0.15, 0.2) is 0 Å². The maximum absolute atomic E-state index is 13.3. The molecule has 0 atom stereocenters. The summed E-state index contributed by atoms with van der Waals surface area (Å²) >= 11 is 14.0. The van der Waals surface area contributed by atoms with Gasteiger partial charge in [0.1, 0.15) is 10.8 Å². The third kappa shape index (κ3) is 4.00. The number of rotatable bonds is 3. The van der Waals surface area contributed by atoms with Crippen molar-refractivity contribution in [2.45, 2.75) is 0 Å². The fourth-order valence-electron chi connectivity index (χ4n) is 1.71. The summed E-state index contributed by atoms with van der Waals surface area (Å²) in [7, 11) is 0. The van der Waals surface area contributed by atoms with E-state index >= 15 is 0 Å². The van der Waals surface area contributed by atoms with Crippen LogP contribution < -0.4 is 11.1 Å². The number of hydrogen-bond donors (Lipinski definition) is 2. The lowest BCUT2D eigenvalue weighted by Gasteiger charge is -2.11. The summed E-state index contributed by atoms with van der Waals surface area (Å²) < 4.78 is 13.8. The van der Waals surface area contributed by atoms with E-state index in [2.05, 4.69) is 21.2 Å². The molecule has 108 valence electrons. The molecule has 2 aromatic carbocycles. The highest BCUT2D eigenvalue weighted by atomic mass is 79.9. The lowest BCUT2D eigenvalue weighted by atomic mass is 10.1. The van der Waals surface area contributed by atoms with Gasteiger partial charge in [0.05, 0.1) is 5.69 Å². The molecule has 0 aliphatic rings. The van der Waals surface area contributed by atoms with Gasteiger partial charge >= 0.3 is 0 Å². The van der Waals surface area contributed by atoms with E-state index in [4.69, 9.17) is 29.6 Å². The Labute approximate surface area is 139 Å². The Bertz CT molecular complexity index is 719. The quantitative estimate of drug-likeness (QED) is 0.779. The van der Waals surface area contributed by atoms with Crippen LogP contribution in [0.5, 0.6) is 0 Å². The molecule has 2 rings (SSSR count). The maximum Gasteiger partial charge on any atom is 0.255 e. The van der Waals surface area contributed by atoms with Crippen molar-refractivity contribution in [2.24, 2.45) is 5.73 Å². The monoisotopic (exact) mass is 386 g/mol. The van der Waals surface area contributed by atoms with Crippen LogP contribution in [0, 0.1) is 5.82 Å². The van der Waals surface area contributed by atoms with E-state index in [1.807, 2.05) is 0 Å². The van der Waals surface area contributed by atoms with Gasteiger partial charge in [-0.05, 0) is 36.4 Å². The second kappa shape index (κ2) is 6.51. The Hall–Kier alpha value is -1.50. The Morgan fingerprint density at radius 1 is 1.29 bits per heavy atom. The first-order valence-electron chi connectivity index (χ1n) is 5.73. The SMILES string of the molecule is NC(=S)c1ccc(Cl)cc1NC(=O)c1cc(F)cc(Br)c1. The van der Waals surface area contributed by atoms with Gasteiger partial charge in [0.2, 0.25) is 0 Å². The molecule has 0 aliphatic heterocycles. The van der Waals surface area contributed by atoms with E-state index < -0.39 is 11.7 Å². The van der Waals surface area contributed by atoms with Crippen LogP contribution in [0.25, 0.3) is 0 Å². The molecule has 0 bridgehead atoms. The van der Waals surface area contributed by atoms with E-state index in [1.165, 1.54) is 18.2 Å². The Kier molecular flexibility index (Phi) is 4.92. The van der Waals surface area contributed by atoms with Crippen LogP contribution >= 0.6 is 39.7 Å². The second-order valence-electron chi connectivity index (χ2n) is 4.17. The van der Waals surface area contributed by atoms with Crippen LogP contribution in [0.1, 0.15) is 15.9 Å². The highest BCUT2D eigenvalue weighted by Gasteiger charge is 2.12. The third-order valence-corrected chi connectivity index (χ3v) is 3.53. The summed E-state index contributed by atoms with van der Waals surface area (Å²) in [6, 6.07) is 8.65. The summed E-state index contributed by atoms with van der Waals surface area (Å²) in [6.07, 6.45) is 0. The molecule has 21 heavy (non-hydrogen) atoms. The standard InChI is InChI=1S/C14H9BrClFN2OS/c15-8-3-7(4-10(17)5-8)14(20)19-12-6-9(16)1-2-11(12)13(18)21/h1-6H,(H2,18,21)(H,19,20). The number of hydrogen-bond acceptors (Lipinski definition) is 2. The maximum atomic E-state index is 13.3. The fraction of sp³-hybridized carbons (Fsp3) is 0. The highest BCUT2D eigenvalue weighted by Crippen LogP contribution is 2.23. The predicted octanol–water partition coefficient (Wildman–Crippen LogP) is 4.13. The summed E-state index contributed by atoms with van der Waals surface area (Å²) in [5.41, 5.74) is 6.62. The molecular formula is C14H9BrClFN2OS. The van der Waals surface area contributed by atoms with E-state index in [9.17, 15) is 9.18 Å². The van der Waals surface area contributed by atoms with Gasteiger partial charge in [-0.15, -0.1) is 0 Å². The van der Waals surface area contributed by atoms with Crippen LogP contribution in [0.4, 0.5) is 10.1 Å². The number of amides is 1. The zero-order chi connectivity index (χ0) is 15.6. The molecule has 3 N–H and O–H groups in total. The lowest BCUT2D eigenvalue weighted by Crippen LogP contribution is -2.17.